The first-order chi connectivity index (χ1) is 10.6. The molecule has 0 spiro atoms. The Labute approximate surface area is 129 Å². The third-order valence-electron chi connectivity index (χ3n) is 2.98. The van der Waals surface area contributed by atoms with Gasteiger partial charge in [0.25, 0.3) is 5.91 Å². The third kappa shape index (κ3) is 4.12. The highest BCUT2D eigenvalue weighted by molar-refractivity contribution is 6.04. The Morgan fingerprint density at radius 3 is 2.73 bits per heavy atom. The molecule has 0 aliphatic carbocycles. The van der Waals surface area contributed by atoms with Gasteiger partial charge in [-0.05, 0) is 25.5 Å². The van der Waals surface area contributed by atoms with Gasteiger partial charge in [-0.3, -0.25) is 9.59 Å². The molecule has 2 N–H and O–H groups in total. The molecule has 0 unspecified atom stereocenters. The van der Waals surface area contributed by atoms with E-state index in [1.165, 1.54) is 13.3 Å². The summed E-state index contributed by atoms with van der Waals surface area (Å²) in [6.45, 7) is 4.31. The fraction of sp³-hybridized carbons (Fsp3) is 0.250. The molecule has 0 radical (unpaired) electrons. The molecule has 0 saturated carbocycles. The van der Waals surface area contributed by atoms with E-state index in [1.54, 1.807) is 30.3 Å². The number of benzene rings is 1. The molecule has 0 fully saturated rings. The molecule has 0 saturated heterocycles. The smallest absolute Gasteiger partial charge is 0.274 e. The molecule has 0 aliphatic heterocycles. The molecule has 1 amide bonds. The van der Waals surface area contributed by atoms with Crippen molar-refractivity contribution in [3.8, 4) is 0 Å². The molecule has 0 atom stereocenters. The van der Waals surface area contributed by atoms with Gasteiger partial charge < -0.3 is 10.6 Å². The Kier molecular flexibility index (Phi) is 5.19. The standard InChI is InChI=1S/C16H18N4O2/c1-3-7-17-15-9-14(18-10-19-15)16(22)20-13-6-4-5-12(8-13)11(2)21/h4-6,8-10H,3,7H2,1-2H3,(H,20,22)(H,17,18,19). The van der Waals surface area contributed by atoms with Crippen LogP contribution >= 0.6 is 0 Å². The van der Waals surface area contributed by atoms with Crippen molar-refractivity contribution in [2.75, 3.05) is 17.2 Å². The molecule has 6 heteroatoms. The minimum atomic E-state index is -0.345. The number of rotatable bonds is 6. The first kappa shape index (κ1) is 15.6. The Morgan fingerprint density at radius 2 is 2.00 bits per heavy atom. The van der Waals surface area contributed by atoms with Crippen LogP contribution in [-0.4, -0.2) is 28.2 Å². The molecular formula is C16H18N4O2. The van der Waals surface area contributed by atoms with Crippen LogP contribution in [0.4, 0.5) is 11.5 Å². The van der Waals surface area contributed by atoms with Gasteiger partial charge in [0.15, 0.2) is 5.78 Å². The van der Waals surface area contributed by atoms with Crippen LogP contribution in [0.2, 0.25) is 0 Å². The van der Waals surface area contributed by atoms with E-state index >= 15 is 0 Å². The molecule has 0 aliphatic rings. The van der Waals surface area contributed by atoms with E-state index in [1.807, 2.05) is 6.92 Å². The van der Waals surface area contributed by atoms with Crippen LogP contribution in [-0.2, 0) is 0 Å². The van der Waals surface area contributed by atoms with Crippen molar-refractivity contribution in [2.24, 2.45) is 0 Å². The second-order valence-electron chi connectivity index (χ2n) is 4.81. The van der Waals surface area contributed by atoms with Gasteiger partial charge >= 0.3 is 0 Å². The summed E-state index contributed by atoms with van der Waals surface area (Å²) >= 11 is 0. The number of ketones is 1. The molecule has 2 aromatic rings. The summed E-state index contributed by atoms with van der Waals surface area (Å²) in [5, 5.41) is 5.83. The Morgan fingerprint density at radius 1 is 1.18 bits per heavy atom. The van der Waals surface area contributed by atoms with Gasteiger partial charge in [0.1, 0.15) is 17.8 Å². The Hall–Kier alpha value is -2.76. The fourth-order valence-electron chi connectivity index (χ4n) is 1.84. The molecule has 114 valence electrons. The van der Waals surface area contributed by atoms with Crippen LogP contribution in [0.15, 0.2) is 36.7 Å². The number of anilines is 2. The second kappa shape index (κ2) is 7.31. The lowest BCUT2D eigenvalue weighted by molar-refractivity contribution is 0.100. The summed E-state index contributed by atoms with van der Waals surface area (Å²) in [6.07, 6.45) is 2.31. The number of aromatic nitrogens is 2. The summed E-state index contributed by atoms with van der Waals surface area (Å²) < 4.78 is 0. The van der Waals surface area contributed by atoms with Gasteiger partial charge in [-0.25, -0.2) is 9.97 Å². The van der Waals surface area contributed by atoms with Crippen molar-refractivity contribution in [3.05, 3.63) is 47.9 Å². The van der Waals surface area contributed by atoms with E-state index in [-0.39, 0.29) is 17.4 Å². The monoisotopic (exact) mass is 298 g/mol. The summed E-state index contributed by atoms with van der Waals surface area (Å²) in [5.74, 6) is 0.214. The molecule has 22 heavy (non-hydrogen) atoms. The van der Waals surface area contributed by atoms with Gasteiger partial charge in [0.05, 0.1) is 0 Å². The van der Waals surface area contributed by atoms with Crippen molar-refractivity contribution in [3.63, 3.8) is 0 Å². The van der Waals surface area contributed by atoms with Gasteiger partial charge in [0, 0.05) is 23.9 Å². The number of hydrogen-bond donors (Lipinski definition) is 2. The first-order valence-corrected chi connectivity index (χ1v) is 7.08. The van der Waals surface area contributed by atoms with Crippen LogP contribution in [0.1, 0.15) is 41.1 Å². The topological polar surface area (TPSA) is 84.0 Å². The normalized spacial score (nSPS) is 10.1. The summed E-state index contributed by atoms with van der Waals surface area (Å²) in [4.78, 5) is 31.6. The number of amides is 1. The molecular weight excluding hydrogens is 280 g/mol. The highest BCUT2D eigenvalue weighted by Crippen LogP contribution is 2.13. The fourth-order valence-corrected chi connectivity index (χ4v) is 1.84. The van der Waals surface area contributed by atoms with Crippen LogP contribution in [0.25, 0.3) is 0 Å². The maximum Gasteiger partial charge on any atom is 0.274 e. The van der Waals surface area contributed by atoms with Crippen molar-refractivity contribution < 1.29 is 9.59 Å². The summed E-state index contributed by atoms with van der Waals surface area (Å²) in [6, 6.07) is 8.38. The first-order valence-electron chi connectivity index (χ1n) is 7.08. The SMILES string of the molecule is CCCNc1cc(C(=O)Nc2cccc(C(C)=O)c2)ncn1. The Balaban J connectivity index is 2.12. The lowest BCUT2D eigenvalue weighted by atomic mass is 10.1. The average molecular weight is 298 g/mol. The second-order valence-corrected chi connectivity index (χ2v) is 4.81. The minimum absolute atomic E-state index is 0.0517. The number of carbonyl (C=O) groups excluding carboxylic acids is 2. The van der Waals surface area contributed by atoms with Gasteiger partial charge in [0.2, 0.25) is 0 Å². The number of Topliss-reactive ketones (excluding diaryl/α,β-unsaturated/α-hetero) is 1. The minimum Gasteiger partial charge on any atom is -0.370 e. The number of carbonyl (C=O) groups is 2. The molecule has 6 nitrogen and oxygen atoms in total. The largest absolute Gasteiger partial charge is 0.370 e. The summed E-state index contributed by atoms with van der Waals surface area (Å²) in [5.41, 5.74) is 1.37. The Bertz CT molecular complexity index is 685. The van der Waals surface area contributed by atoms with Crippen LogP contribution in [0, 0.1) is 0 Å². The molecule has 1 aromatic heterocycles. The number of hydrogen-bond acceptors (Lipinski definition) is 5. The van der Waals surface area contributed by atoms with E-state index in [4.69, 9.17) is 0 Å². The molecule has 1 heterocycles. The maximum atomic E-state index is 12.2. The van der Waals surface area contributed by atoms with E-state index in [9.17, 15) is 9.59 Å². The average Bonchev–Trinajstić information content (AvgIpc) is 2.53. The lowest BCUT2D eigenvalue weighted by Gasteiger charge is -2.07. The van der Waals surface area contributed by atoms with Crippen molar-refractivity contribution in [1.29, 1.82) is 0 Å². The van der Waals surface area contributed by atoms with Crippen LogP contribution in [0.3, 0.4) is 0 Å². The van der Waals surface area contributed by atoms with E-state index < -0.39 is 0 Å². The van der Waals surface area contributed by atoms with E-state index in [0.717, 1.165) is 13.0 Å². The molecule has 1 aromatic carbocycles. The van der Waals surface area contributed by atoms with Crippen LogP contribution in [0.5, 0.6) is 0 Å². The van der Waals surface area contributed by atoms with E-state index in [0.29, 0.717) is 17.1 Å². The highest BCUT2D eigenvalue weighted by atomic mass is 16.2. The predicted octanol–water partition coefficient (Wildman–Crippen LogP) is 2.75. The third-order valence-corrected chi connectivity index (χ3v) is 2.98. The zero-order valence-corrected chi connectivity index (χ0v) is 12.6. The van der Waals surface area contributed by atoms with Crippen molar-refractivity contribution in [1.82, 2.24) is 9.97 Å². The molecule has 2 rings (SSSR count). The number of nitrogens with one attached hydrogen (secondary N) is 2. The van der Waals surface area contributed by atoms with Gasteiger partial charge in [-0.15, -0.1) is 0 Å². The quantitative estimate of drug-likeness (QED) is 0.801. The highest BCUT2D eigenvalue weighted by Gasteiger charge is 2.10. The lowest BCUT2D eigenvalue weighted by Crippen LogP contribution is -2.15. The summed E-state index contributed by atoms with van der Waals surface area (Å²) in [7, 11) is 0. The van der Waals surface area contributed by atoms with Crippen LogP contribution < -0.4 is 10.6 Å². The predicted molar refractivity (Wildman–Crippen MR) is 85.2 cm³/mol. The maximum absolute atomic E-state index is 12.2. The zero-order chi connectivity index (χ0) is 15.9. The van der Waals surface area contributed by atoms with Gasteiger partial charge in [-0.1, -0.05) is 19.1 Å². The number of nitrogens with zero attached hydrogens (tertiary/aromatic N) is 2. The van der Waals surface area contributed by atoms with E-state index in [2.05, 4.69) is 20.6 Å². The van der Waals surface area contributed by atoms with Gasteiger partial charge in [-0.2, -0.15) is 0 Å². The zero-order valence-electron chi connectivity index (χ0n) is 12.6. The molecule has 0 bridgehead atoms. The van der Waals surface area contributed by atoms with Crippen molar-refractivity contribution in [2.45, 2.75) is 20.3 Å². The van der Waals surface area contributed by atoms with Crippen molar-refractivity contribution >= 4 is 23.2 Å².